The van der Waals surface area contributed by atoms with E-state index in [1.54, 1.807) is 0 Å². The summed E-state index contributed by atoms with van der Waals surface area (Å²) in [5, 5.41) is 0. The van der Waals surface area contributed by atoms with Crippen LogP contribution in [0.5, 0.6) is 0 Å². The van der Waals surface area contributed by atoms with Crippen LogP contribution in [0.2, 0.25) is 0 Å². The van der Waals surface area contributed by atoms with E-state index in [-0.39, 0.29) is 5.78 Å². The van der Waals surface area contributed by atoms with Crippen LogP contribution >= 0.6 is 0 Å². The first-order valence-electron chi connectivity index (χ1n) is 6.17. The van der Waals surface area contributed by atoms with Crippen molar-refractivity contribution in [3.05, 3.63) is 66.0 Å². The van der Waals surface area contributed by atoms with E-state index < -0.39 is 7.25 Å². The van der Waals surface area contributed by atoms with Crippen molar-refractivity contribution < 1.29 is 26.6 Å². The molecule has 0 saturated carbocycles. The second kappa shape index (κ2) is 7.57. The van der Waals surface area contributed by atoms with Gasteiger partial charge in [0.15, 0.2) is 12.4 Å². The van der Waals surface area contributed by atoms with Gasteiger partial charge in [-0.15, -0.1) is 0 Å². The van der Waals surface area contributed by atoms with Crippen LogP contribution in [0.4, 0.5) is 17.3 Å². The molecule has 0 radical (unpaired) electrons. The van der Waals surface area contributed by atoms with Gasteiger partial charge < -0.3 is 17.3 Å². The second-order valence-electron chi connectivity index (χ2n) is 4.33. The number of nitrogens with zero attached hydrogens (tertiary/aromatic N) is 1. The van der Waals surface area contributed by atoms with E-state index in [1.807, 2.05) is 66.3 Å². The highest BCUT2D eigenvalue weighted by atomic mass is 19.5. The van der Waals surface area contributed by atoms with Gasteiger partial charge >= 0.3 is 7.25 Å². The van der Waals surface area contributed by atoms with Crippen LogP contribution in [0.3, 0.4) is 0 Å². The topological polar surface area (TPSA) is 20.9 Å². The summed E-state index contributed by atoms with van der Waals surface area (Å²) in [6.07, 6.45) is 3.79. The maximum absolute atomic E-state index is 11.9. The van der Waals surface area contributed by atoms with Gasteiger partial charge in [-0.2, -0.15) is 4.57 Å². The molecule has 2 nitrogen and oxygen atoms in total. The van der Waals surface area contributed by atoms with E-state index in [0.717, 1.165) is 5.56 Å². The fourth-order valence-electron chi connectivity index (χ4n) is 1.54. The molecule has 1 aromatic carbocycles. The van der Waals surface area contributed by atoms with Gasteiger partial charge in [-0.1, -0.05) is 35.9 Å². The third kappa shape index (κ3) is 7.86. The number of rotatable bonds is 3. The number of halogens is 4. The van der Waals surface area contributed by atoms with E-state index in [2.05, 4.69) is 0 Å². The fraction of sp³-hybridized carbons (Fsp3) is 0.143. The zero-order valence-corrected chi connectivity index (χ0v) is 11.3. The van der Waals surface area contributed by atoms with Crippen molar-refractivity contribution in [1.29, 1.82) is 0 Å². The number of hydrogen-bond acceptors (Lipinski definition) is 1. The molecule has 0 atom stereocenters. The molecule has 1 heterocycles. The molecule has 0 aliphatic heterocycles. The molecule has 2 aromatic rings. The molecule has 0 aliphatic rings. The Morgan fingerprint density at radius 3 is 1.95 bits per heavy atom. The maximum Gasteiger partial charge on any atom is 0.673 e. The molecule has 0 saturated heterocycles. The van der Waals surface area contributed by atoms with Crippen molar-refractivity contribution in [2.45, 2.75) is 13.5 Å². The predicted octanol–water partition coefficient (Wildman–Crippen LogP) is 3.47. The molecule has 0 N–H and O–H groups in total. The minimum atomic E-state index is -6.00. The molecular formula is C14H14BF4NO. The number of benzene rings is 1. The molecule has 0 bridgehead atoms. The SMILES string of the molecule is Cc1ccc(C(=O)C[n+]2ccccc2)cc1.F[B-](F)(F)F. The molecule has 0 spiro atoms. The van der Waals surface area contributed by atoms with Crippen LogP contribution < -0.4 is 4.57 Å². The lowest BCUT2D eigenvalue weighted by Gasteiger charge is -1.98. The monoisotopic (exact) mass is 299 g/mol. The van der Waals surface area contributed by atoms with E-state index in [0.29, 0.717) is 6.54 Å². The van der Waals surface area contributed by atoms with Gasteiger partial charge in [0.25, 0.3) is 0 Å². The third-order valence-corrected chi connectivity index (χ3v) is 2.48. The normalized spacial score (nSPS) is 10.5. The first-order chi connectivity index (χ1) is 9.75. The summed E-state index contributed by atoms with van der Waals surface area (Å²) in [5.74, 6) is 0.135. The minimum Gasteiger partial charge on any atom is -0.418 e. The van der Waals surface area contributed by atoms with Crippen LogP contribution in [-0.4, -0.2) is 13.0 Å². The molecule has 0 amide bonds. The summed E-state index contributed by atoms with van der Waals surface area (Å²) in [6, 6.07) is 13.5. The summed E-state index contributed by atoms with van der Waals surface area (Å²) in [7, 11) is -6.00. The van der Waals surface area contributed by atoms with Crippen molar-refractivity contribution in [1.82, 2.24) is 0 Å². The van der Waals surface area contributed by atoms with Gasteiger partial charge in [0, 0.05) is 17.7 Å². The van der Waals surface area contributed by atoms with Gasteiger partial charge in [-0.3, -0.25) is 4.79 Å². The molecule has 0 unspecified atom stereocenters. The molecule has 0 fully saturated rings. The second-order valence-corrected chi connectivity index (χ2v) is 4.33. The van der Waals surface area contributed by atoms with E-state index in [1.165, 1.54) is 5.56 Å². The molecule has 112 valence electrons. The zero-order chi connectivity index (χ0) is 15.9. The Bertz CT molecular complexity index is 564. The van der Waals surface area contributed by atoms with Crippen LogP contribution in [0.1, 0.15) is 15.9 Å². The minimum absolute atomic E-state index is 0.135. The van der Waals surface area contributed by atoms with Crippen LogP contribution in [-0.2, 0) is 6.54 Å². The highest BCUT2D eigenvalue weighted by Gasteiger charge is 2.20. The number of carbonyl (C=O) groups excluding carboxylic acids is 1. The Balaban J connectivity index is 0.000000383. The van der Waals surface area contributed by atoms with E-state index >= 15 is 0 Å². The lowest BCUT2D eigenvalue weighted by molar-refractivity contribution is -0.683. The number of aromatic nitrogens is 1. The van der Waals surface area contributed by atoms with Crippen molar-refractivity contribution in [2.75, 3.05) is 0 Å². The van der Waals surface area contributed by atoms with Crippen LogP contribution in [0.15, 0.2) is 54.9 Å². The van der Waals surface area contributed by atoms with Crippen molar-refractivity contribution in [3.8, 4) is 0 Å². The molecule has 1 aromatic heterocycles. The highest BCUT2D eigenvalue weighted by Crippen LogP contribution is 2.06. The summed E-state index contributed by atoms with van der Waals surface area (Å²) < 4.78 is 40.9. The van der Waals surface area contributed by atoms with E-state index in [4.69, 9.17) is 0 Å². The largest absolute Gasteiger partial charge is 0.673 e. The Morgan fingerprint density at radius 1 is 1.00 bits per heavy atom. The maximum atomic E-state index is 11.9. The molecule has 7 heteroatoms. The van der Waals surface area contributed by atoms with Crippen LogP contribution in [0.25, 0.3) is 0 Å². The van der Waals surface area contributed by atoms with Gasteiger partial charge in [-0.05, 0) is 6.92 Å². The first kappa shape index (κ1) is 16.9. The van der Waals surface area contributed by atoms with Crippen LogP contribution in [0, 0.1) is 6.92 Å². The first-order valence-corrected chi connectivity index (χ1v) is 6.17. The lowest BCUT2D eigenvalue weighted by Crippen LogP contribution is -2.36. The fourth-order valence-corrected chi connectivity index (χ4v) is 1.54. The summed E-state index contributed by atoms with van der Waals surface area (Å²) in [4.78, 5) is 11.9. The van der Waals surface area contributed by atoms with E-state index in [9.17, 15) is 22.1 Å². The Labute approximate surface area is 120 Å². The summed E-state index contributed by atoms with van der Waals surface area (Å²) >= 11 is 0. The smallest absolute Gasteiger partial charge is 0.418 e. The zero-order valence-electron chi connectivity index (χ0n) is 11.3. The third-order valence-electron chi connectivity index (χ3n) is 2.48. The molecular weight excluding hydrogens is 285 g/mol. The highest BCUT2D eigenvalue weighted by molar-refractivity contribution is 6.50. The lowest BCUT2D eigenvalue weighted by atomic mass is 10.1. The molecule has 0 aliphatic carbocycles. The summed E-state index contributed by atoms with van der Waals surface area (Å²) in [5.41, 5.74) is 1.94. The average molecular weight is 299 g/mol. The predicted molar refractivity (Wildman–Crippen MR) is 72.3 cm³/mol. The standard InChI is InChI=1S/C14H14NO.BF4/c1-12-5-7-13(8-6-12)14(16)11-15-9-3-2-4-10-15;2-1(3,4)5/h2-10H,11H2,1H3;/q+1;-1. The number of hydrogen-bond donors (Lipinski definition) is 0. The van der Waals surface area contributed by atoms with Gasteiger partial charge in [0.05, 0.1) is 0 Å². The molecule has 21 heavy (non-hydrogen) atoms. The average Bonchev–Trinajstić information content (AvgIpc) is 2.38. The van der Waals surface area contributed by atoms with Gasteiger partial charge in [0.1, 0.15) is 0 Å². The number of carbonyl (C=O) groups is 1. The Kier molecular flexibility index (Phi) is 6.08. The van der Waals surface area contributed by atoms with Crippen molar-refractivity contribution in [2.24, 2.45) is 0 Å². The molecule has 2 rings (SSSR count). The quantitative estimate of drug-likeness (QED) is 0.368. The van der Waals surface area contributed by atoms with Gasteiger partial charge in [-0.25, -0.2) is 0 Å². The van der Waals surface area contributed by atoms with Gasteiger partial charge in [0.2, 0.25) is 12.3 Å². The number of Topliss-reactive ketones (excluding diaryl/α,β-unsaturated/α-hetero) is 1. The summed E-state index contributed by atoms with van der Waals surface area (Å²) in [6.45, 7) is 2.41. The number of pyridine rings is 1. The van der Waals surface area contributed by atoms with Crippen molar-refractivity contribution >= 4 is 13.0 Å². The Morgan fingerprint density at radius 2 is 1.48 bits per heavy atom. The number of ketones is 1. The number of aryl methyl sites for hydroxylation is 1. The van der Waals surface area contributed by atoms with Crippen molar-refractivity contribution in [3.63, 3.8) is 0 Å². The Hall–Kier alpha value is -2.18.